The van der Waals surface area contributed by atoms with Crippen LogP contribution >= 0.6 is 0 Å². The molecule has 0 N–H and O–H groups in total. The number of hydrogen-bond acceptors (Lipinski definition) is 3. The highest BCUT2D eigenvalue weighted by atomic mass is 28.3. The highest BCUT2D eigenvalue weighted by Crippen LogP contribution is 2.16. The third-order valence-electron chi connectivity index (χ3n) is 1.84. The summed E-state index contributed by atoms with van der Waals surface area (Å²) in [5, 5.41) is 10.7. The van der Waals surface area contributed by atoms with Crippen LogP contribution in [0.2, 0.25) is 19.6 Å². The van der Waals surface area contributed by atoms with Crippen molar-refractivity contribution in [3.8, 4) is 11.5 Å². The molecule has 0 aliphatic carbocycles. The van der Waals surface area contributed by atoms with Crippen molar-refractivity contribution in [3.05, 3.63) is 33.6 Å². The normalized spacial score (nSPS) is 10.5. The molecule has 0 saturated carbocycles. The molecule has 1 rings (SSSR count). The van der Waals surface area contributed by atoms with E-state index in [2.05, 4.69) is 36.1 Å². The molecule has 0 unspecified atom stereocenters. The second-order valence-electron chi connectivity index (χ2n) is 4.59. The Bertz CT molecular complexity index is 481. The van der Waals surface area contributed by atoms with Crippen LogP contribution in [0.4, 0.5) is 5.69 Å². The quantitative estimate of drug-likeness (QED) is 0.325. The molecule has 0 bridgehead atoms. The molecule has 1 aromatic rings. The number of aromatic nitrogens is 1. The van der Waals surface area contributed by atoms with Crippen LogP contribution in [0.3, 0.4) is 0 Å². The Kier molecular flexibility index (Phi) is 3.45. The van der Waals surface area contributed by atoms with Gasteiger partial charge in [-0.05, 0) is 6.92 Å². The molecule has 0 aliphatic heterocycles. The lowest BCUT2D eigenvalue weighted by molar-refractivity contribution is -0.385. The predicted molar refractivity (Wildman–Crippen MR) is 65.9 cm³/mol. The summed E-state index contributed by atoms with van der Waals surface area (Å²) in [6.07, 6.45) is 1.58. The van der Waals surface area contributed by atoms with Crippen molar-refractivity contribution in [1.82, 2.24) is 4.98 Å². The van der Waals surface area contributed by atoms with Crippen LogP contribution in [0.15, 0.2) is 12.3 Å². The predicted octanol–water partition coefficient (Wildman–Crippen LogP) is 2.53. The van der Waals surface area contributed by atoms with Crippen LogP contribution in [0.1, 0.15) is 11.3 Å². The average Bonchev–Trinajstić information content (AvgIpc) is 2.14. The third-order valence-corrected chi connectivity index (χ3v) is 2.71. The molecule has 0 radical (unpaired) electrons. The SMILES string of the molecule is Cc1ncc(C#C[Si](C)(C)C)cc1[N+](=O)[O-]. The Morgan fingerprint density at radius 2 is 2.06 bits per heavy atom. The Morgan fingerprint density at radius 3 is 2.56 bits per heavy atom. The van der Waals surface area contributed by atoms with Gasteiger partial charge in [0.1, 0.15) is 13.8 Å². The van der Waals surface area contributed by atoms with E-state index in [1.54, 1.807) is 13.1 Å². The fourth-order valence-electron chi connectivity index (χ4n) is 1.03. The maximum absolute atomic E-state index is 10.7. The van der Waals surface area contributed by atoms with Gasteiger partial charge in [-0.1, -0.05) is 25.6 Å². The molecule has 16 heavy (non-hydrogen) atoms. The first-order valence-corrected chi connectivity index (χ1v) is 8.44. The summed E-state index contributed by atoms with van der Waals surface area (Å²) in [7, 11) is -1.46. The molecule has 84 valence electrons. The van der Waals surface area contributed by atoms with Crippen molar-refractivity contribution in [2.24, 2.45) is 0 Å². The molecule has 5 heteroatoms. The lowest BCUT2D eigenvalue weighted by Crippen LogP contribution is -2.16. The van der Waals surface area contributed by atoms with Crippen molar-refractivity contribution in [1.29, 1.82) is 0 Å². The van der Waals surface area contributed by atoms with Gasteiger partial charge in [0.05, 0.1) is 4.92 Å². The number of nitrogens with zero attached hydrogens (tertiary/aromatic N) is 2. The lowest BCUT2D eigenvalue weighted by Gasteiger charge is -2.03. The van der Waals surface area contributed by atoms with Crippen LogP contribution in [0.25, 0.3) is 0 Å². The Balaban J connectivity index is 3.13. The van der Waals surface area contributed by atoms with Gasteiger partial charge in [-0.25, -0.2) is 0 Å². The average molecular weight is 234 g/mol. The van der Waals surface area contributed by atoms with Gasteiger partial charge in [0.25, 0.3) is 5.69 Å². The topological polar surface area (TPSA) is 56.0 Å². The minimum absolute atomic E-state index is 0.0300. The summed E-state index contributed by atoms with van der Waals surface area (Å²) < 4.78 is 0. The molecule has 0 amide bonds. The summed E-state index contributed by atoms with van der Waals surface area (Å²) in [6.45, 7) is 7.98. The van der Waals surface area contributed by atoms with E-state index in [0.29, 0.717) is 11.3 Å². The van der Waals surface area contributed by atoms with Crippen molar-refractivity contribution >= 4 is 13.8 Å². The number of hydrogen-bond donors (Lipinski definition) is 0. The maximum Gasteiger partial charge on any atom is 0.291 e. The summed E-state index contributed by atoms with van der Waals surface area (Å²) in [5.41, 5.74) is 4.21. The van der Waals surface area contributed by atoms with E-state index in [-0.39, 0.29) is 5.69 Å². The molecule has 1 aromatic heterocycles. The van der Waals surface area contributed by atoms with Crippen LogP contribution in [-0.2, 0) is 0 Å². The van der Waals surface area contributed by atoms with E-state index in [0.717, 1.165) is 0 Å². The van der Waals surface area contributed by atoms with E-state index >= 15 is 0 Å². The number of nitro groups is 1. The van der Waals surface area contributed by atoms with Gasteiger partial charge in [-0.3, -0.25) is 15.1 Å². The summed E-state index contributed by atoms with van der Waals surface area (Å²) >= 11 is 0. The third kappa shape index (κ3) is 3.48. The number of pyridine rings is 1. The van der Waals surface area contributed by atoms with E-state index in [1.165, 1.54) is 6.07 Å². The first kappa shape index (κ1) is 12.4. The Labute approximate surface area is 95.9 Å². The molecule has 0 spiro atoms. The Hall–Kier alpha value is -1.67. The smallest absolute Gasteiger partial charge is 0.258 e. The van der Waals surface area contributed by atoms with Crippen LogP contribution in [0.5, 0.6) is 0 Å². The molecular formula is C11H14N2O2Si. The van der Waals surface area contributed by atoms with Gasteiger partial charge >= 0.3 is 0 Å². The molecule has 1 heterocycles. The van der Waals surface area contributed by atoms with Crippen molar-refractivity contribution in [2.75, 3.05) is 0 Å². The van der Waals surface area contributed by atoms with Gasteiger partial charge in [0, 0.05) is 17.8 Å². The van der Waals surface area contributed by atoms with Crippen molar-refractivity contribution in [2.45, 2.75) is 26.6 Å². The summed E-state index contributed by atoms with van der Waals surface area (Å²) in [6, 6.07) is 1.48. The molecular weight excluding hydrogens is 220 g/mol. The van der Waals surface area contributed by atoms with E-state index in [4.69, 9.17) is 0 Å². The van der Waals surface area contributed by atoms with Crippen molar-refractivity contribution < 1.29 is 4.92 Å². The summed E-state index contributed by atoms with van der Waals surface area (Å²) in [5.74, 6) is 2.95. The van der Waals surface area contributed by atoms with Gasteiger partial charge in [0.15, 0.2) is 0 Å². The largest absolute Gasteiger partial charge is 0.291 e. The van der Waals surface area contributed by atoms with E-state index < -0.39 is 13.0 Å². The fraction of sp³-hybridized carbons (Fsp3) is 0.364. The molecule has 4 nitrogen and oxygen atoms in total. The first-order chi connectivity index (χ1) is 7.29. The second kappa shape index (κ2) is 4.45. The maximum atomic E-state index is 10.7. The lowest BCUT2D eigenvalue weighted by atomic mass is 10.2. The summed E-state index contributed by atoms with van der Waals surface area (Å²) in [4.78, 5) is 14.2. The van der Waals surface area contributed by atoms with Crippen LogP contribution in [-0.4, -0.2) is 18.0 Å². The molecule has 0 aromatic carbocycles. The van der Waals surface area contributed by atoms with Crippen molar-refractivity contribution in [3.63, 3.8) is 0 Å². The highest BCUT2D eigenvalue weighted by Gasteiger charge is 2.12. The molecule has 0 atom stereocenters. The molecule has 0 aliphatic rings. The van der Waals surface area contributed by atoms with Crippen LogP contribution in [0, 0.1) is 28.5 Å². The second-order valence-corrected chi connectivity index (χ2v) is 9.34. The van der Waals surface area contributed by atoms with Gasteiger partial charge in [-0.15, -0.1) is 5.54 Å². The monoisotopic (exact) mass is 234 g/mol. The molecule has 0 saturated heterocycles. The zero-order valence-corrected chi connectivity index (χ0v) is 10.9. The zero-order valence-electron chi connectivity index (χ0n) is 9.87. The van der Waals surface area contributed by atoms with Gasteiger partial charge in [0.2, 0.25) is 0 Å². The number of rotatable bonds is 1. The van der Waals surface area contributed by atoms with Gasteiger partial charge < -0.3 is 0 Å². The molecule has 0 fully saturated rings. The van der Waals surface area contributed by atoms with E-state index in [9.17, 15) is 10.1 Å². The standard InChI is InChI=1S/C11H14N2O2Si/c1-9-11(13(14)15)7-10(8-12-9)5-6-16(2,3)4/h7-8H,1-4H3. The first-order valence-electron chi connectivity index (χ1n) is 4.94. The Morgan fingerprint density at radius 1 is 1.44 bits per heavy atom. The number of aryl methyl sites for hydroxylation is 1. The van der Waals surface area contributed by atoms with Crippen LogP contribution < -0.4 is 0 Å². The minimum Gasteiger partial charge on any atom is -0.258 e. The zero-order chi connectivity index (χ0) is 12.3. The minimum atomic E-state index is -1.46. The van der Waals surface area contributed by atoms with E-state index in [1.807, 2.05) is 0 Å². The van der Waals surface area contributed by atoms with Gasteiger partial charge in [-0.2, -0.15) is 0 Å². The highest BCUT2D eigenvalue weighted by molar-refractivity contribution is 6.83. The fourth-order valence-corrected chi connectivity index (χ4v) is 1.55.